The third-order valence-corrected chi connectivity index (χ3v) is 8.05. The van der Waals surface area contributed by atoms with Crippen molar-refractivity contribution < 1.29 is 13.2 Å². The molecule has 0 radical (unpaired) electrons. The summed E-state index contributed by atoms with van der Waals surface area (Å²) in [5, 5.41) is 6.51. The maximum absolute atomic E-state index is 12.7. The van der Waals surface area contributed by atoms with E-state index in [1.807, 2.05) is 0 Å². The van der Waals surface area contributed by atoms with Crippen molar-refractivity contribution in [3.8, 4) is 10.4 Å². The maximum atomic E-state index is 12.7. The molecule has 1 saturated heterocycles. The minimum absolute atomic E-state index is 0.00800. The first-order valence-electron chi connectivity index (χ1n) is 10.3. The van der Waals surface area contributed by atoms with Gasteiger partial charge in [-0.25, -0.2) is 4.98 Å². The summed E-state index contributed by atoms with van der Waals surface area (Å²) in [5.74, 6) is 0.338. The Bertz CT molecular complexity index is 1140. The molecular weight excluding hydrogens is 434 g/mol. The highest BCUT2D eigenvalue weighted by molar-refractivity contribution is 7.90. The van der Waals surface area contributed by atoms with Gasteiger partial charge in [0.1, 0.15) is 10.7 Å². The van der Waals surface area contributed by atoms with E-state index in [2.05, 4.69) is 45.7 Å². The number of sulfonamides is 1. The lowest BCUT2D eigenvalue weighted by molar-refractivity contribution is -0.121. The van der Waals surface area contributed by atoms with Crippen molar-refractivity contribution in [2.45, 2.75) is 51.0 Å². The molecule has 10 heteroatoms. The molecule has 0 bridgehead atoms. The van der Waals surface area contributed by atoms with Gasteiger partial charge in [0.25, 0.3) is 10.0 Å². The Labute approximate surface area is 186 Å². The number of amidine groups is 1. The minimum Gasteiger partial charge on any atom is -0.342 e. The van der Waals surface area contributed by atoms with Crippen LogP contribution in [0, 0.1) is 5.92 Å². The van der Waals surface area contributed by atoms with Crippen LogP contribution in [0.3, 0.4) is 0 Å². The summed E-state index contributed by atoms with van der Waals surface area (Å²) >= 11 is 1.37. The Hall–Kier alpha value is -2.30. The summed E-state index contributed by atoms with van der Waals surface area (Å²) in [4.78, 5) is 20.5. The van der Waals surface area contributed by atoms with Crippen molar-refractivity contribution in [2.24, 2.45) is 10.3 Å². The van der Waals surface area contributed by atoms with Crippen LogP contribution in [0.4, 0.5) is 10.8 Å². The molecule has 1 aromatic heterocycles. The van der Waals surface area contributed by atoms with Gasteiger partial charge in [0.15, 0.2) is 5.13 Å². The molecule has 8 nitrogen and oxygen atoms in total. The Morgan fingerprint density at radius 1 is 1.26 bits per heavy atom. The molecule has 1 fully saturated rings. The van der Waals surface area contributed by atoms with E-state index in [9.17, 15) is 13.2 Å². The van der Waals surface area contributed by atoms with E-state index in [1.165, 1.54) is 11.3 Å². The van der Waals surface area contributed by atoms with Gasteiger partial charge in [-0.05, 0) is 71.3 Å². The molecule has 0 spiro atoms. The average molecular weight is 462 g/mol. The molecule has 1 aromatic carbocycles. The number of fused-ring (bicyclic) bond motifs is 1. The largest absolute Gasteiger partial charge is 0.342 e. The number of nitrogens with one attached hydrogen (secondary N) is 2. The van der Waals surface area contributed by atoms with Crippen LogP contribution in [0.15, 0.2) is 33.7 Å². The first-order valence-corrected chi connectivity index (χ1v) is 12.5. The van der Waals surface area contributed by atoms with Crippen molar-refractivity contribution in [3.63, 3.8) is 0 Å². The second-order valence-corrected chi connectivity index (χ2v) is 11.5. The predicted molar refractivity (Wildman–Crippen MR) is 124 cm³/mol. The molecule has 0 aliphatic carbocycles. The quantitative estimate of drug-likeness (QED) is 0.721. The smallest absolute Gasteiger partial charge is 0.286 e. The van der Waals surface area contributed by atoms with Gasteiger partial charge in [-0.3, -0.25) is 9.69 Å². The van der Waals surface area contributed by atoms with Gasteiger partial charge in [-0.2, -0.15) is 8.42 Å². The second-order valence-electron chi connectivity index (χ2n) is 8.94. The topological polar surface area (TPSA) is 104 Å². The van der Waals surface area contributed by atoms with E-state index in [4.69, 9.17) is 0 Å². The monoisotopic (exact) mass is 461 g/mol. The fraction of sp³-hybridized carbons (Fsp3) is 0.476. The molecule has 4 rings (SSSR count). The highest BCUT2D eigenvalue weighted by Gasteiger charge is 2.30. The molecule has 31 heavy (non-hydrogen) atoms. The third-order valence-electron chi connectivity index (χ3n) is 5.66. The van der Waals surface area contributed by atoms with Crippen LogP contribution in [-0.4, -0.2) is 48.7 Å². The average Bonchev–Trinajstić information content (AvgIpc) is 3.14. The van der Waals surface area contributed by atoms with Gasteiger partial charge in [0.2, 0.25) is 5.91 Å². The number of piperidine rings is 1. The summed E-state index contributed by atoms with van der Waals surface area (Å²) in [5.41, 5.74) is 1.45. The van der Waals surface area contributed by atoms with E-state index in [0.29, 0.717) is 16.7 Å². The molecule has 2 N–H and O–H groups in total. The SMILES string of the molecule is CC1=NS(=O)(=O)c2ccc(-c3cnc(NC(=O)C4CCN(C(C)(C)C)CC4)s3)cc2N1. The van der Waals surface area contributed by atoms with E-state index in [0.717, 1.165) is 36.4 Å². The molecule has 2 aromatic rings. The van der Waals surface area contributed by atoms with Crippen LogP contribution in [-0.2, 0) is 14.8 Å². The number of hydrogen-bond donors (Lipinski definition) is 2. The molecule has 0 unspecified atom stereocenters. The van der Waals surface area contributed by atoms with Crippen LogP contribution in [0.2, 0.25) is 0 Å². The number of likely N-dealkylation sites (tertiary alicyclic amines) is 1. The Morgan fingerprint density at radius 2 is 1.97 bits per heavy atom. The molecule has 0 atom stereocenters. The first-order chi connectivity index (χ1) is 14.5. The van der Waals surface area contributed by atoms with Gasteiger partial charge in [0.05, 0.1) is 10.6 Å². The zero-order valence-corrected chi connectivity index (χ0v) is 19.7. The van der Waals surface area contributed by atoms with Gasteiger partial charge in [-0.1, -0.05) is 17.4 Å². The zero-order valence-electron chi connectivity index (χ0n) is 18.1. The molecule has 166 valence electrons. The fourth-order valence-corrected chi connectivity index (χ4v) is 5.89. The molecule has 0 saturated carbocycles. The second kappa shape index (κ2) is 7.99. The number of rotatable bonds is 3. The summed E-state index contributed by atoms with van der Waals surface area (Å²) < 4.78 is 28.1. The third kappa shape index (κ3) is 4.65. The van der Waals surface area contributed by atoms with Crippen LogP contribution in [0.25, 0.3) is 10.4 Å². The molecule has 3 heterocycles. The van der Waals surface area contributed by atoms with Crippen molar-refractivity contribution in [3.05, 3.63) is 24.4 Å². The fourth-order valence-electron chi connectivity index (χ4n) is 3.94. The summed E-state index contributed by atoms with van der Waals surface area (Å²) in [7, 11) is -3.67. The predicted octanol–water partition coefficient (Wildman–Crippen LogP) is 3.79. The van der Waals surface area contributed by atoms with E-state index in [1.54, 1.807) is 31.3 Å². The Kier molecular flexibility index (Phi) is 5.65. The normalized spacial score (nSPS) is 19.3. The van der Waals surface area contributed by atoms with Crippen molar-refractivity contribution in [1.29, 1.82) is 0 Å². The number of carbonyl (C=O) groups is 1. The van der Waals surface area contributed by atoms with E-state index >= 15 is 0 Å². The number of nitrogens with zero attached hydrogens (tertiary/aromatic N) is 3. The molecule has 2 aliphatic heterocycles. The van der Waals surface area contributed by atoms with Crippen LogP contribution < -0.4 is 10.6 Å². The van der Waals surface area contributed by atoms with Crippen LogP contribution in [0.5, 0.6) is 0 Å². The van der Waals surface area contributed by atoms with Gasteiger partial charge >= 0.3 is 0 Å². The standard InChI is InChI=1S/C21H27N5O3S2/c1-13-23-16-11-15(5-6-18(16)31(28,29)25-13)17-12-22-20(30-17)24-19(27)14-7-9-26(10-8-14)21(2,3)4/h5-6,11-12,14H,7-10H2,1-4H3,(H,23,25)(H,22,24,27). The Morgan fingerprint density at radius 3 is 2.65 bits per heavy atom. The lowest BCUT2D eigenvalue weighted by Gasteiger charge is -2.40. The number of anilines is 2. The molecule has 1 amide bonds. The van der Waals surface area contributed by atoms with Crippen molar-refractivity contribution in [1.82, 2.24) is 9.88 Å². The lowest BCUT2D eigenvalue weighted by Crippen LogP contribution is -2.47. The number of benzene rings is 1. The highest BCUT2D eigenvalue weighted by atomic mass is 32.2. The van der Waals surface area contributed by atoms with Gasteiger partial charge < -0.3 is 10.6 Å². The lowest BCUT2D eigenvalue weighted by atomic mass is 9.92. The number of carbonyl (C=O) groups excluding carboxylic acids is 1. The molecule has 2 aliphatic rings. The summed E-state index contributed by atoms with van der Waals surface area (Å²) in [6.45, 7) is 10.0. The number of hydrogen-bond acceptors (Lipinski definition) is 7. The zero-order chi connectivity index (χ0) is 22.4. The van der Waals surface area contributed by atoms with Crippen LogP contribution >= 0.6 is 11.3 Å². The van der Waals surface area contributed by atoms with Crippen molar-refractivity contribution in [2.75, 3.05) is 23.7 Å². The first kappa shape index (κ1) is 21.9. The minimum atomic E-state index is -3.67. The highest BCUT2D eigenvalue weighted by Crippen LogP contribution is 2.35. The molecular formula is C21H27N5O3S2. The maximum Gasteiger partial charge on any atom is 0.286 e. The number of amides is 1. The van der Waals surface area contributed by atoms with Gasteiger partial charge in [-0.15, -0.1) is 4.40 Å². The summed E-state index contributed by atoms with van der Waals surface area (Å²) in [6.07, 6.45) is 3.38. The number of aromatic nitrogens is 1. The van der Waals surface area contributed by atoms with Gasteiger partial charge in [0, 0.05) is 17.7 Å². The van der Waals surface area contributed by atoms with E-state index in [-0.39, 0.29) is 22.3 Å². The van der Waals surface area contributed by atoms with Crippen molar-refractivity contribution >= 4 is 43.9 Å². The Balaban J connectivity index is 1.44. The van der Waals surface area contributed by atoms with Crippen LogP contribution in [0.1, 0.15) is 40.5 Å². The van der Waals surface area contributed by atoms with E-state index < -0.39 is 10.0 Å². The summed E-state index contributed by atoms with van der Waals surface area (Å²) in [6, 6.07) is 5.05. The number of thiazole rings is 1.